The van der Waals surface area contributed by atoms with Gasteiger partial charge in [0.2, 0.25) is 0 Å². The number of carboxylic acid groups (broad SMARTS) is 1. The fourth-order valence-corrected chi connectivity index (χ4v) is 3.52. The van der Waals surface area contributed by atoms with Crippen molar-refractivity contribution in [3.8, 4) is 5.75 Å². The first kappa shape index (κ1) is 16.2. The fraction of sp³-hybridized carbons (Fsp3) is 0. The Morgan fingerprint density at radius 2 is 1.96 bits per heavy atom. The van der Waals surface area contributed by atoms with Crippen molar-refractivity contribution in [2.45, 2.75) is 0 Å². The third kappa shape index (κ3) is 3.17. The Morgan fingerprint density at radius 3 is 2.67 bits per heavy atom. The Balaban J connectivity index is 1.95. The molecule has 7 heteroatoms. The molecular weight excluding hydrogens is 346 g/mol. The Morgan fingerprint density at radius 1 is 1.21 bits per heavy atom. The molecular formula is C17H10NO4S2-. The van der Waals surface area contributed by atoms with Gasteiger partial charge in [-0.1, -0.05) is 54.3 Å². The summed E-state index contributed by atoms with van der Waals surface area (Å²) in [6.07, 6.45) is 1.60. The highest BCUT2D eigenvalue weighted by molar-refractivity contribution is 8.27. The second-order valence-corrected chi connectivity index (χ2v) is 6.62. The van der Waals surface area contributed by atoms with Crippen LogP contribution in [-0.4, -0.2) is 21.3 Å². The molecule has 0 spiro atoms. The number of benzene rings is 2. The largest absolute Gasteiger partial charge is 0.872 e. The number of amides is 1. The quantitative estimate of drug-likeness (QED) is 0.673. The van der Waals surface area contributed by atoms with Crippen LogP contribution in [0.1, 0.15) is 15.9 Å². The van der Waals surface area contributed by atoms with Crippen molar-refractivity contribution in [2.75, 3.05) is 4.90 Å². The molecule has 2 aromatic rings. The fourth-order valence-electron chi connectivity index (χ4n) is 2.22. The van der Waals surface area contributed by atoms with Crippen LogP contribution < -0.4 is 10.0 Å². The van der Waals surface area contributed by atoms with Crippen LogP contribution in [0.4, 0.5) is 5.69 Å². The SMILES string of the molecule is O=C(O)c1cccc(N2C(=O)/C(=C\c3cccc([O-])c3)SC2=S)c1. The van der Waals surface area contributed by atoms with Gasteiger partial charge in [0.1, 0.15) is 0 Å². The number of hydrogen-bond donors (Lipinski definition) is 1. The van der Waals surface area contributed by atoms with Crippen LogP contribution in [0.5, 0.6) is 5.75 Å². The first-order chi connectivity index (χ1) is 11.5. The third-order valence-corrected chi connectivity index (χ3v) is 4.60. The molecule has 120 valence electrons. The van der Waals surface area contributed by atoms with Gasteiger partial charge in [0.25, 0.3) is 5.91 Å². The molecule has 0 bridgehead atoms. The van der Waals surface area contributed by atoms with E-state index >= 15 is 0 Å². The molecule has 1 aliphatic rings. The van der Waals surface area contributed by atoms with Gasteiger partial charge in [0.15, 0.2) is 4.32 Å². The molecule has 0 saturated carbocycles. The molecule has 0 aromatic heterocycles. The van der Waals surface area contributed by atoms with Gasteiger partial charge in [-0.05, 0) is 29.8 Å². The summed E-state index contributed by atoms with van der Waals surface area (Å²) >= 11 is 6.36. The summed E-state index contributed by atoms with van der Waals surface area (Å²) in [4.78, 5) is 25.4. The number of hydrogen-bond acceptors (Lipinski definition) is 5. The van der Waals surface area contributed by atoms with Gasteiger partial charge in [-0.3, -0.25) is 9.69 Å². The zero-order chi connectivity index (χ0) is 17.3. The van der Waals surface area contributed by atoms with Gasteiger partial charge >= 0.3 is 5.97 Å². The standard InChI is InChI=1S/C17H11NO4S2/c19-13-6-1-3-10(7-13)8-14-15(20)18(17(23)24-14)12-5-2-4-11(9-12)16(21)22/h1-9,19H,(H,21,22)/p-1/b14-8+. The third-order valence-electron chi connectivity index (χ3n) is 3.30. The topological polar surface area (TPSA) is 80.7 Å². The molecule has 0 radical (unpaired) electrons. The summed E-state index contributed by atoms with van der Waals surface area (Å²) in [7, 11) is 0. The molecule has 0 unspecified atom stereocenters. The number of carboxylic acids is 1. The van der Waals surface area contributed by atoms with Crippen LogP contribution in [0.25, 0.3) is 6.08 Å². The lowest BCUT2D eigenvalue weighted by Crippen LogP contribution is -2.27. The zero-order valence-corrected chi connectivity index (χ0v) is 13.8. The number of aromatic carboxylic acids is 1. The van der Waals surface area contributed by atoms with Crippen molar-refractivity contribution in [3.63, 3.8) is 0 Å². The highest BCUT2D eigenvalue weighted by atomic mass is 32.2. The molecule has 2 aromatic carbocycles. The van der Waals surface area contributed by atoms with Crippen LogP contribution in [-0.2, 0) is 4.79 Å². The van der Waals surface area contributed by atoms with Crippen LogP contribution >= 0.6 is 24.0 Å². The van der Waals surface area contributed by atoms with Crippen molar-refractivity contribution in [3.05, 3.63) is 64.6 Å². The van der Waals surface area contributed by atoms with Gasteiger partial charge in [-0.15, -0.1) is 5.75 Å². The van der Waals surface area contributed by atoms with Gasteiger partial charge in [-0.2, -0.15) is 0 Å². The highest BCUT2D eigenvalue weighted by Gasteiger charge is 2.33. The molecule has 5 nitrogen and oxygen atoms in total. The van der Waals surface area contributed by atoms with E-state index in [0.29, 0.717) is 20.5 Å². The number of anilines is 1. The summed E-state index contributed by atoms with van der Waals surface area (Å²) in [5.41, 5.74) is 1.09. The average molecular weight is 356 g/mol. The number of nitrogens with zero attached hydrogens (tertiary/aromatic N) is 1. The van der Waals surface area contributed by atoms with E-state index in [1.165, 1.54) is 29.2 Å². The van der Waals surface area contributed by atoms with Crippen LogP contribution in [0.3, 0.4) is 0 Å². The van der Waals surface area contributed by atoms with Crippen LogP contribution in [0, 0.1) is 0 Å². The van der Waals surface area contributed by atoms with Gasteiger partial charge in [-0.25, -0.2) is 4.79 Å². The predicted molar refractivity (Wildman–Crippen MR) is 94.9 cm³/mol. The minimum Gasteiger partial charge on any atom is -0.872 e. The molecule has 1 fully saturated rings. The number of thioether (sulfide) groups is 1. The molecule has 1 aliphatic heterocycles. The monoisotopic (exact) mass is 356 g/mol. The van der Waals surface area contributed by atoms with E-state index in [4.69, 9.17) is 17.3 Å². The molecule has 0 aliphatic carbocycles. The summed E-state index contributed by atoms with van der Waals surface area (Å²) in [6.45, 7) is 0. The minimum absolute atomic E-state index is 0.0737. The lowest BCUT2D eigenvalue weighted by atomic mass is 10.1. The molecule has 3 rings (SSSR count). The Hall–Kier alpha value is -2.64. The maximum absolute atomic E-state index is 12.6. The van der Waals surface area contributed by atoms with E-state index in [0.717, 1.165) is 11.8 Å². The van der Waals surface area contributed by atoms with E-state index < -0.39 is 5.97 Å². The molecule has 1 N–H and O–H groups in total. The molecule has 1 saturated heterocycles. The van der Waals surface area contributed by atoms with Crippen molar-refractivity contribution >= 4 is 51.9 Å². The zero-order valence-electron chi connectivity index (χ0n) is 12.1. The van der Waals surface area contributed by atoms with E-state index in [-0.39, 0.29) is 17.2 Å². The van der Waals surface area contributed by atoms with E-state index in [9.17, 15) is 14.7 Å². The lowest BCUT2D eigenvalue weighted by molar-refractivity contribution is -0.268. The number of carbonyl (C=O) groups excluding carboxylic acids is 1. The minimum atomic E-state index is -1.08. The van der Waals surface area contributed by atoms with Gasteiger partial charge < -0.3 is 10.2 Å². The second kappa shape index (κ2) is 6.46. The van der Waals surface area contributed by atoms with Crippen molar-refractivity contribution in [1.29, 1.82) is 0 Å². The first-order valence-electron chi connectivity index (χ1n) is 6.84. The highest BCUT2D eigenvalue weighted by Crippen LogP contribution is 2.36. The maximum atomic E-state index is 12.6. The number of rotatable bonds is 3. The summed E-state index contributed by atoms with van der Waals surface area (Å²) < 4.78 is 0.312. The summed E-state index contributed by atoms with van der Waals surface area (Å²) in [5.74, 6) is -1.57. The van der Waals surface area contributed by atoms with E-state index in [1.807, 2.05) is 0 Å². The summed E-state index contributed by atoms with van der Waals surface area (Å²) in [5, 5.41) is 20.5. The van der Waals surface area contributed by atoms with Crippen molar-refractivity contribution in [2.24, 2.45) is 0 Å². The maximum Gasteiger partial charge on any atom is 0.335 e. The molecule has 1 amide bonds. The molecule has 1 heterocycles. The van der Waals surface area contributed by atoms with E-state index in [1.54, 1.807) is 30.3 Å². The normalized spacial score (nSPS) is 16.0. The van der Waals surface area contributed by atoms with Crippen LogP contribution in [0.15, 0.2) is 53.4 Å². The Bertz CT molecular complexity index is 892. The number of carbonyl (C=O) groups is 2. The van der Waals surface area contributed by atoms with E-state index in [2.05, 4.69) is 0 Å². The number of thiocarbonyl (C=S) groups is 1. The Labute approximate surface area is 147 Å². The first-order valence-corrected chi connectivity index (χ1v) is 8.06. The molecule has 24 heavy (non-hydrogen) atoms. The molecule has 0 atom stereocenters. The second-order valence-electron chi connectivity index (χ2n) is 4.95. The Kier molecular flexibility index (Phi) is 4.37. The van der Waals surface area contributed by atoms with Crippen molar-refractivity contribution in [1.82, 2.24) is 0 Å². The average Bonchev–Trinajstić information content (AvgIpc) is 2.81. The van der Waals surface area contributed by atoms with Gasteiger partial charge in [0.05, 0.1) is 16.2 Å². The summed E-state index contributed by atoms with van der Waals surface area (Å²) in [6, 6.07) is 12.2. The lowest BCUT2D eigenvalue weighted by Gasteiger charge is -2.14. The van der Waals surface area contributed by atoms with Gasteiger partial charge in [0, 0.05) is 0 Å². The van der Waals surface area contributed by atoms with Crippen molar-refractivity contribution < 1.29 is 19.8 Å². The predicted octanol–water partition coefficient (Wildman–Crippen LogP) is 2.86. The smallest absolute Gasteiger partial charge is 0.335 e. The van der Waals surface area contributed by atoms with Crippen LogP contribution in [0.2, 0.25) is 0 Å².